The largest absolute Gasteiger partial charge is 0.396 e. The van der Waals surface area contributed by atoms with Gasteiger partial charge in [-0.05, 0) is 66.9 Å². The highest BCUT2D eigenvalue weighted by atomic mass is 35.5. The van der Waals surface area contributed by atoms with Crippen LogP contribution in [0.5, 0.6) is 0 Å². The second-order valence-electron chi connectivity index (χ2n) is 7.46. The predicted molar refractivity (Wildman–Crippen MR) is 131 cm³/mol. The van der Waals surface area contributed by atoms with Crippen molar-refractivity contribution >= 4 is 38.9 Å². The molecule has 0 radical (unpaired) electrons. The molecule has 0 aliphatic rings. The van der Waals surface area contributed by atoms with Crippen molar-refractivity contribution in [2.45, 2.75) is 24.3 Å². The van der Waals surface area contributed by atoms with E-state index in [1.165, 1.54) is 12.1 Å². The van der Waals surface area contributed by atoms with E-state index in [1.807, 2.05) is 25.1 Å². The molecule has 4 N–H and O–H groups in total. The lowest BCUT2D eigenvalue weighted by Crippen LogP contribution is -2.32. The summed E-state index contributed by atoms with van der Waals surface area (Å²) in [4.78, 5) is 12.4. The van der Waals surface area contributed by atoms with Gasteiger partial charge in [0.15, 0.2) is 0 Å². The third-order valence-electron chi connectivity index (χ3n) is 4.97. The van der Waals surface area contributed by atoms with Crippen molar-refractivity contribution in [1.29, 1.82) is 0 Å². The monoisotopic (exact) mass is 487 g/mol. The van der Waals surface area contributed by atoms with E-state index >= 15 is 0 Å². The minimum absolute atomic E-state index is 0.0271. The smallest absolute Gasteiger partial charge is 0.261 e. The maximum atomic E-state index is 12.6. The summed E-state index contributed by atoms with van der Waals surface area (Å²) >= 11 is 6.17. The summed E-state index contributed by atoms with van der Waals surface area (Å²) in [6.07, 6.45) is 0.512. The zero-order valence-corrected chi connectivity index (χ0v) is 19.7. The van der Waals surface area contributed by atoms with E-state index in [0.29, 0.717) is 22.8 Å². The van der Waals surface area contributed by atoms with Crippen LogP contribution in [0.2, 0.25) is 5.02 Å². The van der Waals surface area contributed by atoms with Crippen LogP contribution in [0.3, 0.4) is 0 Å². The molecule has 3 aromatic rings. The highest BCUT2D eigenvalue weighted by Gasteiger charge is 2.15. The summed E-state index contributed by atoms with van der Waals surface area (Å²) in [6, 6.07) is 20.0. The van der Waals surface area contributed by atoms with Gasteiger partial charge in [-0.15, -0.1) is 0 Å². The summed E-state index contributed by atoms with van der Waals surface area (Å²) in [5.74, 6) is -0.217. The lowest BCUT2D eigenvalue weighted by Gasteiger charge is -2.16. The number of amides is 1. The van der Waals surface area contributed by atoms with Crippen molar-refractivity contribution in [2.75, 3.05) is 23.2 Å². The average Bonchev–Trinajstić information content (AvgIpc) is 2.79. The number of nitrogens with one attached hydrogen (secondary N) is 3. The molecule has 0 aromatic heterocycles. The van der Waals surface area contributed by atoms with Gasteiger partial charge in [0.1, 0.15) is 0 Å². The molecule has 1 atom stereocenters. The zero-order chi connectivity index (χ0) is 23.8. The molecule has 0 aliphatic carbocycles. The molecule has 1 amide bonds. The maximum Gasteiger partial charge on any atom is 0.261 e. The normalized spacial score (nSPS) is 12.1. The number of hydrogen-bond acceptors (Lipinski definition) is 5. The third kappa shape index (κ3) is 6.95. The molecule has 0 spiro atoms. The summed E-state index contributed by atoms with van der Waals surface area (Å²) in [6.45, 7) is 1.92. The predicted octanol–water partition coefficient (Wildman–Crippen LogP) is 3.96. The van der Waals surface area contributed by atoms with Gasteiger partial charge >= 0.3 is 0 Å². The number of anilines is 2. The standard InChI is InChI=1S/C24H26ClN3O4S/c1-17(22-4-2-3-5-23(22)25)27-24(30)16-26-19-10-12-21(13-11-19)33(31,32)28-20-8-6-18(7-9-20)14-15-29/h2-13,17,26,28-29H,14-16H2,1H3,(H,27,30)/t17-/m0/s1. The molecule has 0 saturated heterocycles. The Morgan fingerprint density at radius 3 is 2.24 bits per heavy atom. The number of halogens is 1. The Labute approximate surface area is 198 Å². The van der Waals surface area contributed by atoms with Gasteiger partial charge in [0, 0.05) is 23.0 Å². The minimum Gasteiger partial charge on any atom is -0.396 e. The molecule has 0 unspecified atom stereocenters. The molecule has 0 aliphatic heterocycles. The second kappa shape index (κ2) is 11.2. The van der Waals surface area contributed by atoms with Gasteiger partial charge < -0.3 is 15.7 Å². The fraction of sp³-hybridized carbons (Fsp3) is 0.208. The molecule has 33 heavy (non-hydrogen) atoms. The molecular weight excluding hydrogens is 462 g/mol. The number of sulfonamides is 1. The molecule has 174 valence electrons. The highest BCUT2D eigenvalue weighted by molar-refractivity contribution is 7.92. The number of rotatable bonds is 10. The van der Waals surface area contributed by atoms with Crippen molar-refractivity contribution in [2.24, 2.45) is 0 Å². The van der Waals surface area contributed by atoms with Crippen LogP contribution in [0.15, 0.2) is 77.7 Å². The topological polar surface area (TPSA) is 108 Å². The summed E-state index contributed by atoms with van der Waals surface area (Å²) in [7, 11) is -3.76. The van der Waals surface area contributed by atoms with Crippen LogP contribution in [0, 0.1) is 0 Å². The second-order valence-corrected chi connectivity index (χ2v) is 9.55. The molecule has 3 aromatic carbocycles. The van der Waals surface area contributed by atoms with Gasteiger partial charge in [0.2, 0.25) is 5.91 Å². The van der Waals surface area contributed by atoms with Gasteiger partial charge in [-0.25, -0.2) is 8.42 Å². The van der Waals surface area contributed by atoms with Gasteiger partial charge in [-0.1, -0.05) is 41.9 Å². The zero-order valence-electron chi connectivity index (χ0n) is 18.1. The van der Waals surface area contributed by atoms with Crippen molar-refractivity contribution in [3.63, 3.8) is 0 Å². The van der Waals surface area contributed by atoms with Gasteiger partial charge in [0.25, 0.3) is 10.0 Å². The molecular formula is C24H26ClN3O4S. The van der Waals surface area contributed by atoms with E-state index in [0.717, 1.165) is 11.1 Å². The molecule has 7 nitrogen and oxygen atoms in total. The first-order chi connectivity index (χ1) is 15.8. The summed E-state index contributed by atoms with van der Waals surface area (Å²) in [5, 5.41) is 15.4. The van der Waals surface area contributed by atoms with Crippen molar-refractivity contribution in [3.05, 3.63) is 88.9 Å². The van der Waals surface area contributed by atoms with Crippen molar-refractivity contribution < 1.29 is 18.3 Å². The molecule has 0 bridgehead atoms. The Kier molecular flexibility index (Phi) is 8.32. The van der Waals surface area contributed by atoms with E-state index in [2.05, 4.69) is 15.4 Å². The van der Waals surface area contributed by atoms with Crippen LogP contribution in [0.25, 0.3) is 0 Å². The van der Waals surface area contributed by atoms with Crippen LogP contribution in [-0.4, -0.2) is 32.6 Å². The third-order valence-corrected chi connectivity index (χ3v) is 6.71. The van der Waals surface area contributed by atoms with E-state index in [4.69, 9.17) is 16.7 Å². The SMILES string of the molecule is C[C@H](NC(=O)CNc1ccc(S(=O)(=O)Nc2ccc(CCO)cc2)cc1)c1ccccc1Cl. The Morgan fingerprint density at radius 2 is 1.61 bits per heavy atom. The number of carbonyl (C=O) groups is 1. The molecule has 0 fully saturated rings. The van der Waals surface area contributed by atoms with E-state index < -0.39 is 10.0 Å². The number of carbonyl (C=O) groups excluding carboxylic acids is 1. The maximum absolute atomic E-state index is 12.6. The van der Waals surface area contributed by atoms with Crippen molar-refractivity contribution in [1.82, 2.24) is 5.32 Å². The molecule has 0 heterocycles. The van der Waals surface area contributed by atoms with E-state index in [-0.39, 0.29) is 30.0 Å². The number of aliphatic hydroxyl groups excluding tert-OH is 1. The Balaban J connectivity index is 1.54. The van der Waals surface area contributed by atoms with Crippen molar-refractivity contribution in [3.8, 4) is 0 Å². The van der Waals surface area contributed by atoms with Gasteiger partial charge in [-0.3, -0.25) is 9.52 Å². The van der Waals surface area contributed by atoms with Crippen LogP contribution in [0.4, 0.5) is 11.4 Å². The summed E-state index contributed by atoms with van der Waals surface area (Å²) < 4.78 is 27.8. The first kappa shape index (κ1) is 24.6. The molecule has 0 saturated carbocycles. The van der Waals surface area contributed by atoms with E-state index in [1.54, 1.807) is 42.5 Å². The number of aliphatic hydroxyl groups is 1. The average molecular weight is 488 g/mol. The van der Waals surface area contributed by atoms with Gasteiger partial charge in [0.05, 0.1) is 17.5 Å². The fourth-order valence-electron chi connectivity index (χ4n) is 3.21. The fourth-order valence-corrected chi connectivity index (χ4v) is 4.57. The Morgan fingerprint density at radius 1 is 0.970 bits per heavy atom. The first-order valence-corrected chi connectivity index (χ1v) is 12.2. The van der Waals surface area contributed by atoms with Crippen LogP contribution < -0.4 is 15.4 Å². The van der Waals surface area contributed by atoms with Crippen LogP contribution in [0.1, 0.15) is 24.1 Å². The quantitative estimate of drug-likeness (QED) is 0.346. The molecule has 3 rings (SSSR count). The summed E-state index contributed by atoms with van der Waals surface area (Å²) in [5.41, 5.74) is 2.80. The highest BCUT2D eigenvalue weighted by Crippen LogP contribution is 2.22. The van der Waals surface area contributed by atoms with Crippen LogP contribution >= 0.6 is 11.6 Å². The van der Waals surface area contributed by atoms with Gasteiger partial charge in [-0.2, -0.15) is 0 Å². The van der Waals surface area contributed by atoms with E-state index in [9.17, 15) is 13.2 Å². The Hall–Kier alpha value is -3.07. The number of benzene rings is 3. The minimum atomic E-state index is -3.76. The lowest BCUT2D eigenvalue weighted by atomic mass is 10.1. The first-order valence-electron chi connectivity index (χ1n) is 10.4. The van der Waals surface area contributed by atoms with Crippen LogP contribution in [-0.2, 0) is 21.2 Å². The molecule has 9 heteroatoms. The Bertz CT molecular complexity index is 1180. The lowest BCUT2D eigenvalue weighted by molar-refractivity contribution is -0.120. The number of hydrogen-bond donors (Lipinski definition) is 4.